The number of nitrogens with zero attached hydrogens (tertiary/aromatic N) is 1. The number of aromatic hydroxyl groups is 1. The van der Waals surface area contributed by atoms with Gasteiger partial charge in [-0.15, -0.1) is 0 Å². The standard InChI is InChI=1S/C7H11NO2/c1-4(2)6-5(3)10-8-7(6)9/h4H,1-3H3,(H,8,9). The van der Waals surface area contributed by atoms with Crippen LogP contribution >= 0.6 is 0 Å². The summed E-state index contributed by atoms with van der Waals surface area (Å²) in [4.78, 5) is 0. The molecule has 1 aromatic heterocycles. The van der Waals surface area contributed by atoms with E-state index in [2.05, 4.69) is 5.16 Å². The molecule has 0 saturated heterocycles. The van der Waals surface area contributed by atoms with Gasteiger partial charge < -0.3 is 9.63 Å². The predicted octanol–water partition coefficient (Wildman–Crippen LogP) is 1.81. The maximum atomic E-state index is 9.10. The van der Waals surface area contributed by atoms with Gasteiger partial charge in [-0.1, -0.05) is 13.8 Å². The first-order valence-electron chi connectivity index (χ1n) is 3.28. The minimum atomic E-state index is 0.0208. The molecule has 1 rings (SSSR count). The van der Waals surface area contributed by atoms with E-state index in [9.17, 15) is 0 Å². The van der Waals surface area contributed by atoms with E-state index >= 15 is 0 Å². The monoisotopic (exact) mass is 141 g/mol. The van der Waals surface area contributed by atoms with Gasteiger partial charge in [-0.2, -0.15) is 0 Å². The average molecular weight is 141 g/mol. The Bertz CT molecular complexity index is 208. The fourth-order valence-corrected chi connectivity index (χ4v) is 1.03. The molecule has 1 N–H and O–H groups in total. The second kappa shape index (κ2) is 2.33. The van der Waals surface area contributed by atoms with Gasteiger partial charge in [-0.25, -0.2) is 0 Å². The lowest BCUT2D eigenvalue weighted by molar-refractivity contribution is 0.348. The van der Waals surface area contributed by atoms with Gasteiger partial charge in [0, 0.05) is 0 Å². The molecule has 0 fully saturated rings. The molecule has 0 amide bonds. The zero-order chi connectivity index (χ0) is 7.72. The van der Waals surface area contributed by atoms with Crippen molar-refractivity contribution in [1.29, 1.82) is 0 Å². The van der Waals surface area contributed by atoms with Crippen LogP contribution in [0.15, 0.2) is 4.52 Å². The Morgan fingerprint density at radius 3 is 2.30 bits per heavy atom. The molecule has 3 nitrogen and oxygen atoms in total. The molecule has 0 aromatic carbocycles. The van der Waals surface area contributed by atoms with Gasteiger partial charge in [0.05, 0.1) is 5.56 Å². The van der Waals surface area contributed by atoms with Crippen LogP contribution in [0.3, 0.4) is 0 Å². The zero-order valence-electron chi connectivity index (χ0n) is 6.38. The zero-order valence-corrected chi connectivity index (χ0v) is 6.38. The second-order valence-corrected chi connectivity index (χ2v) is 2.63. The molecule has 10 heavy (non-hydrogen) atoms. The lowest BCUT2D eigenvalue weighted by Crippen LogP contribution is -1.86. The van der Waals surface area contributed by atoms with Crippen molar-refractivity contribution in [2.75, 3.05) is 0 Å². The van der Waals surface area contributed by atoms with Crippen LogP contribution in [0.2, 0.25) is 0 Å². The van der Waals surface area contributed by atoms with E-state index in [-0.39, 0.29) is 11.8 Å². The van der Waals surface area contributed by atoms with Gasteiger partial charge >= 0.3 is 0 Å². The van der Waals surface area contributed by atoms with E-state index in [1.54, 1.807) is 6.92 Å². The molecule has 0 radical (unpaired) electrons. The summed E-state index contributed by atoms with van der Waals surface area (Å²) in [6, 6.07) is 0. The smallest absolute Gasteiger partial charge is 0.255 e. The van der Waals surface area contributed by atoms with Crippen LogP contribution in [0.4, 0.5) is 0 Å². The summed E-state index contributed by atoms with van der Waals surface area (Å²) in [7, 11) is 0. The van der Waals surface area contributed by atoms with Crippen LogP contribution in [0.1, 0.15) is 31.1 Å². The first-order chi connectivity index (χ1) is 4.63. The molecular formula is C7H11NO2. The summed E-state index contributed by atoms with van der Waals surface area (Å²) in [6.45, 7) is 5.76. The third kappa shape index (κ3) is 0.988. The van der Waals surface area contributed by atoms with Crippen LogP contribution < -0.4 is 0 Å². The van der Waals surface area contributed by atoms with Gasteiger partial charge in [-0.05, 0) is 18.0 Å². The Morgan fingerprint density at radius 2 is 2.10 bits per heavy atom. The SMILES string of the molecule is Cc1onc(O)c1C(C)C. The second-order valence-electron chi connectivity index (χ2n) is 2.63. The Kier molecular flexibility index (Phi) is 1.66. The maximum Gasteiger partial charge on any atom is 0.255 e. The molecule has 56 valence electrons. The lowest BCUT2D eigenvalue weighted by atomic mass is 10.1. The quantitative estimate of drug-likeness (QED) is 0.648. The van der Waals surface area contributed by atoms with Crippen LogP contribution in [-0.2, 0) is 0 Å². The Morgan fingerprint density at radius 1 is 1.50 bits per heavy atom. The van der Waals surface area contributed by atoms with Crippen LogP contribution in [-0.4, -0.2) is 10.3 Å². The number of hydrogen-bond acceptors (Lipinski definition) is 3. The van der Waals surface area contributed by atoms with E-state index in [0.29, 0.717) is 5.76 Å². The highest BCUT2D eigenvalue weighted by atomic mass is 16.5. The molecule has 0 aliphatic rings. The van der Waals surface area contributed by atoms with Gasteiger partial charge in [0.15, 0.2) is 0 Å². The molecule has 0 saturated carbocycles. The summed E-state index contributed by atoms with van der Waals surface area (Å²) < 4.78 is 4.76. The van der Waals surface area contributed by atoms with Crippen LogP contribution in [0.25, 0.3) is 0 Å². The summed E-state index contributed by atoms with van der Waals surface area (Å²) in [5.74, 6) is 0.992. The van der Waals surface area contributed by atoms with E-state index < -0.39 is 0 Å². The normalized spacial score (nSPS) is 10.8. The molecule has 0 aliphatic carbocycles. The third-order valence-corrected chi connectivity index (χ3v) is 1.47. The first-order valence-corrected chi connectivity index (χ1v) is 3.28. The lowest BCUT2D eigenvalue weighted by Gasteiger charge is -1.99. The van der Waals surface area contributed by atoms with Crippen molar-refractivity contribution in [3.63, 3.8) is 0 Å². The van der Waals surface area contributed by atoms with Crippen LogP contribution in [0.5, 0.6) is 5.88 Å². The fourth-order valence-electron chi connectivity index (χ4n) is 1.03. The molecule has 0 spiro atoms. The molecule has 0 unspecified atom stereocenters. The van der Waals surface area contributed by atoms with E-state index in [1.807, 2.05) is 13.8 Å². The molecule has 3 heteroatoms. The minimum absolute atomic E-state index is 0.0208. The molecule has 1 heterocycles. The molecule has 1 aromatic rings. The van der Waals surface area contributed by atoms with Gasteiger partial charge in [0.25, 0.3) is 5.88 Å². The van der Waals surface area contributed by atoms with E-state index in [0.717, 1.165) is 5.56 Å². The highest BCUT2D eigenvalue weighted by Crippen LogP contribution is 2.26. The number of aryl methyl sites for hydroxylation is 1. The van der Waals surface area contributed by atoms with E-state index in [1.165, 1.54) is 0 Å². The Hall–Kier alpha value is -0.990. The average Bonchev–Trinajstić information content (AvgIpc) is 2.11. The van der Waals surface area contributed by atoms with Crippen molar-refractivity contribution in [2.45, 2.75) is 26.7 Å². The van der Waals surface area contributed by atoms with Crippen molar-refractivity contribution in [3.8, 4) is 5.88 Å². The first kappa shape index (κ1) is 7.12. The third-order valence-electron chi connectivity index (χ3n) is 1.47. The number of rotatable bonds is 1. The summed E-state index contributed by atoms with van der Waals surface area (Å²) in [5.41, 5.74) is 0.806. The van der Waals surface area contributed by atoms with Crippen molar-refractivity contribution in [1.82, 2.24) is 5.16 Å². The molecular weight excluding hydrogens is 130 g/mol. The van der Waals surface area contributed by atoms with Gasteiger partial charge in [0.2, 0.25) is 0 Å². The predicted molar refractivity (Wildman–Crippen MR) is 37.0 cm³/mol. The molecule has 0 bridgehead atoms. The van der Waals surface area contributed by atoms with Crippen LogP contribution in [0, 0.1) is 6.92 Å². The Labute approximate surface area is 59.7 Å². The fraction of sp³-hybridized carbons (Fsp3) is 0.571. The van der Waals surface area contributed by atoms with Crippen molar-refractivity contribution >= 4 is 0 Å². The topological polar surface area (TPSA) is 46.3 Å². The van der Waals surface area contributed by atoms with Crippen molar-refractivity contribution < 1.29 is 9.63 Å². The highest BCUT2D eigenvalue weighted by Gasteiger charge is 2.13. The van der Waals surface area contributed by atoms with Crippen molar-refractivity contribution in [3.05, 3.63) is 11.3 Å². The van der Waals surface area contributed by atoms with Crippen molar-refractivity contribution in [2.24, 2.45) is 0 Å². The minimum Gasteiger partial charge on any atom is -0.491 e. The molecule has 0 aliphatic heterocycles. The number of aromatic nitrogens is 1. The Balaban J connectivity index is 3.10. The summed E-state index contributed by atoms with van der Waals surface area (Å²) in [5, 5.41) is 12.5. The summed E-state index contributed by atoms with van der Waals surface area (Å²) >= 11 is 0. The number of hydrogen-bond donors (Lipinski definition) is 1. The molecule has 0 atom stereocenters. The summed E-state index contributed by atoms with van der Waals surface area (Å²) in [6.07, 6.45) is 0. The van der Waals surface area contributed by atoms with E-state index in [4.69, 9.17) is 9.63 Å². The largest absolute Gasteiger partial charge is 0.491 e. The van der Waals surface area contributed by atoms with Gasteiger partial charge in [-0.3, -0.25) is 0 Å². The maximum absolute atomic E-state index is 9.10. The highest BCUT2D eigenvalue weighted by molar-refractivity contribution is 5.28. The van der Waals surface area contributed by atoms with Gasteiger partial charge in [0.1, 0.15) is 5.76 Å².